The van der Waals surface area contributed by atoms with Crippen molar-refractivity contribution in [2.75, 3.05) is 13.6 Å². The van der Waals surface area contributed by atoms with E-state index in [1.54, 1.807) is 7.05 Å². The molecule has 0 radical (unpaired) electrons. The second-order valence-electron chi connectivity index (χ2n) is 6.00. The van der Waals surface area contributed by atoms with E-state index in [-0.39, 0.29) is 5.92 Å². The summed E-state index contributed by atoms with van der Waals surface area (Å²) in [5.41, 5.74) is 0.0588. The second-order valence-corrected chi connectivity index (χ2v) is 6.00. The van der Waals surface area contributed by atoms with Crippen molar-refractivity contribution in [2.24, 2.45) is 4.99 Å². The number of aliphatic imine (C=N–C) groups is 1. The van der Waals surface area contributed by atoms with Crippen LogP contribution in [0.5, 0.6) is 0 Å². The molecule has 0 saturated heterocycles. The van der Waals surface area contributed by atoms with Crippen LogP contribution in [-0.2, 0) is 19.1 Å². The highest BCUT2D eigenvalue weighted by Gasteiger charge is 2.29. The molecule has 0 amide bonds. The van der Waals surface area contributed by atoms with Crippen LogP contribution in [0.1, 0.15) is 42.6 Å². The summed E-state index contributed by atoms with van der Waals surface area (Å²) >= 11 is 0. The standard InChI is InChI=1S/C17H22F3N5O/c1-11(2)15-24-14(26-25-15)8-9-22-16(21-3)23-10-12-4-6-13(7-5-12)17(18,19)20/h4-7,11H,8-10H2,1-3H3,(H2,21,22,23). The molecule has 9 heteroatoms. The maximum Gasteiger partial charge on any atom is 0.416 e. The van der Waals surface area contributed by atoms with Gasteiger partial charge < -0.3 is 15.2 Å². The number of alkyl halides is 3. The molecular weight excluding hydrogens is 347 g/mol. The molecule has 6 nitrogen and oxygen atoms in total. The summed E-state index contributed by atoms with van der Waals surface area (Å²) in [5.74, 6) is 1.95. The minimum absolute atomic E-state index is 0.207. The molecule has 0 spiro atoms. The zero-order valence-corrected chi connectivity index (χ0v) is 14.9. The minimum atomic E-state index is -4.33. The predicted molar refractivity (Wildman–Crippen MR) is 91.7 cm³/mol. The number of hydrogen-bond donors (Lipinski definition) is 2. The lowest BCUT2D eigenvalue weighted by molar-refractivity contribution is -0.137. The van der Waals surface area contributed by atoms with E-state index in [0.717, 1.165) is 17.7 Å². The Hall–Kier alpha value is -2.58. The van der Waals surface area contributed by atoms with Gasteiger partial charge in [0.05, 0.1) is 5.56 Å². The van der Waals surface area contributed by atoms with Crippen LogP contribution in [0.25, 0.3) is 0 Å². The Kier molecular flexibility index (Phi) is 6.59. The van der Waals surface area contributed by atoms with Crippen molar-refractivity contribution in [3.63, 3.8) is 0 Å². The van der Waals surface area contributed by atoms with Crippen LogP contribution in [0.15, 0.2) is 33.8 Å². The first-order chi connectivity index (χ1) is 12.3. The van der Waals surface area contributed by atoms with Gasteiger partial charge in [0.25, 0.3) is 0 Å². The predicted octanol–water partition coefficient (Wildman–Crippen LogP) is 3.12. The van der Waals surface area contributed by atoms with E-state index in [1.807, 2.05) is 13.8 Å². The molecule has 0 atom stereocenters. The van der Waals surface area contributed by atoms with Crippen molar-refractivity contribution >= 4 is 5.96 Å². The highest BCUT2D eigenvalue weighted by molar-refractivity contribution is 5.79. The van der Waals surface area contributed by atoms with Crippen molar-refractivity contribution in [1.29, 1.82) is 0 Å². The maximum absolute atomic E-state index is 12.6. The highest BCUT2D eigenvalue weighted by atomic mass is 19.4. The molecule has 2 N–H and O–H groups in total. The van der Waals surface area contributed by atoms with Crippen molar-refractivity contribution in [3.05, 3.63) is 47.1 Å². The van der Waals surface area contributed by atoms with Gasteiger partial charge in [-0.05, 0) is 17.7 Å². The number of halogens is 3. The Bertz CT molecular complexity index is 723. The Morgan fingerprint density at radius 1 is 1.19 bits per heavy atom. The minimum Gasteiger partial charge on any atom is -0.356 e. The Labute approximate surface area is 149 Å². The van der Waals surface area contributed by atoms with E-state index in [4.69, 9.17) is 4.52 Å². The van der Waals surface area contributed by atoms with Crippen LogP contribution < -0.4 is 10.6 Å². The maximum atomic E-state index is 12.6. The summed E-state index contributed by atoms with van der Waals surface area (Å²) in [6.45, 7) is 4.86. The van der Waals surface area contributed by atoms with Gasteiger partial charge in [-0.15, -0.1) is 0 Å². The third-order valence-corrected chi connectivity index (χ3v) is 3.60. The van der Waals surface area contributed by atoms with E-state index in [9.17, 15) is 13.2 Å². The quantitative estimate of drug-likeness (QED) is 0.604. The molecule has 26 heavy (non-hydrogen) atoms. The van der Waals surface area contributed by atoms with Crippen LogP contribution in [0, 0.1) is 0 Å². The van der Waals surface area contributed by atoms with E-state index in [1.165, 1.54) is 12.1 Å². The van der Waals surface area contributed by atoms with E-state index >= 15 is 0 Å². The molecule has 0 aliphatic carbocycles. The normalized spacial score (nSPS) is 12.5. The number of nitrogens with zero attached hydrogens (tertiary/aromatic N) is 3. The summed E-state index contributed by atoms with van der Waals surface area (Å²) in [5, 5.41) is 10.0. The summed E-state index contributed by atoms with van der Waals surface area (Å²) in [7, 11) is 1.62. The van der Waals surface area contributed by atoms with Crippen LogP contribution in [0.3, 0.4) is 0 Å². The summed E-state index contributed by atoms with van der Waals surface area (Å²) in [6, 6.07) is 5.01. The zero-order valence-electron chi connectivity index (χ0n) is 14.9. The topological polar surface area (TPSA) is 75.3 Å². The highest BCUT2D eigenvalue weighted by Crippen LogP contribution is 2.29. The Morgan fingerprint density at radius 3 is 2.42 bits per heavy atom. The molecule has 1 aromatic carbocycles. The zero-order chi connectivity index (χ0) is 19.2. The monoisotopic (exact) mass is 369 g/mol. The average molecular weight is 369 g/mol. The number of rotatable bonds is 6. The molecule has 0 fully saturated rings. The van der Waals surface area contributed by atoms with Crippen molar-refractivity contribution < 1.29 is 17.7 Å². The fourth-order valence-electron chi connectivity index (χ4n) is 2.11. The first kappa shape index (κ1) is 19.7. The molecule has 0 aliphatic rings. The average Bonchev–Trinajstić information content (AvgIpc) is 3.06. The van der Waals surface area contributed by atoms with Gasteiger partial charge in [-0.1, -0.05) is 31.1 Å². The van der Waals surface area contributed by atoms with Crippen molar-refractivity contribution in [1.82, 2.24) is 20.8 Å². The number of guanidine groups is 1. The molecular formula is C17H22F3N5O. The Balaban J connectivity index is 1.78. The molecule has 0 aliphatic heterocycles. The second kappa shape index (κ2) is 8.68. The van der Waals surface area contributed by atoms with Gasteiger partial charge in [0.2, 0.25) is 5.89 Å². The number of aromatic nitrogens is 2. The summed E-state index contributed by atoms with van der Waals surface area (Å²) < 4.78 is 42.8. The summed E-state index contributed by atoms with van der Waals surface area (Å²) in [4.78, 5) is 8.36. The molecule has 1 heterocycles. The third-order valence-electron chi connectivity index (χ3n) is 3.60. The smallest absolute Gasteiger partial charge is 0.356 e. The number of benzene rings is 1. The fraction of sp³-hybridized carbons (Fsp3) is 0.471. The molecule has 1 aromatic heterocycles. The molecule has 0 bridgehead atoms. The number of hydrogen-bond acceptors (Lipinski definition) is 4. The van der Waals surface area contributed by atoms with Crippen LogP contribution in [0.2, 0.25) is 0 Å². The molecule has 142 valence electrons. The Morgan fingerprint density at radius 2 is 1.88 bits per heavy atom. The summed E-state index contributed by atoms with van der Waals surface area (Å²) in [6.07, 6.45) is -3.78. The van der Waals surface area contributed by atoms with Crippen molar-refractivity contribution in [2.45, 2.75) is 38.9 Å². The van der Waals surface area contributed by atoms with Crippen LogP contribution in [0.4, 0.5) is 13.2 Å². The lowest BCUT2D eigenvalue weighted by atomic mass is 10.1. The fourth-order valence-corrected chi connectivity index (χ4v) is 2.11. The first-order valence-corrected chi connectivity index (χ1v) is 8.22. The van der Waals surface area contributed by atoms with Gasteiger partial charge in [-0.25, -0.2) is 0 Å². The van der Waals surface area contributed by atoms with Gasteiger partial charge >= 0.3 is 6.18 Å². The van der Waals surface area contributed by atoms with Crippen LogP contribution in [-0.4, -0.2) is 29.7 Å². The number of nitrogens with one attached hydrogen (secondary N) is 2. The lowest BCUT2D eigenvalue weighted by Gasteiger charge is -2.12. The van der Waals surface area contributed by atoms with Gasteiger partial charge in [-0.3, -0.25) is 4.99 Å². The van der Waals surface area contributed by atoms with E-state index in [2.05, 4.69) is 25.8 Å². The van der Waals surface area contributed by atoms with Crippen LogP contribution >= 0.6 is 0 Å². The van der Waals surface area contributed by atoms with E-state index in [0.29, 0.717) is 37.2 Å². The lowest BCUT2D eigenvalue weighted by Crippen LogP contribution is -2.37. The molecule has 2 rings (SSSR count). The SMILES string of the molecule is CN=C(NCCc1nc(C(C)C)no1)NCc1ccc(C(F)(F)F)cc1. The molecule has 0 saturated carbocycles. The van der Waals surface area contributed by atoms with E-state index < -0.39 is 11.7 Å². The van der Waals surface area contributed by atoms with Gasteiger partial charge in [0.1, 0.15) is 0 Å². The third kappa shape index (κ3) is 5.75. The first-order valence-electron chi connectivity index (χ1n) is 8.22. The molecule has 2 aromatic rings. The largest absolute Gasteiger partial charge is 0.416 e. The molecule has 0 unspecified atom stereocenters. The van der Waals surface area contributed by atoms with Crippen molar-refractivity contribution in [3.8, 4) is 0 Å². The van der Waals surface area contributed by atoms with Gasteiger partial charge in [0.15, 0.2) is 11.8 Å². The van der Waals surface area contributed by atoms with Gasteiger partial charge in [-0.2, -0.15) is 18.2 Å². The van der Waals surface area contributed by atoms with Gasteiger partial charge in [0, 0.05) is 32.5 Å².